The second kappa shape index (κ2) is 2.38. The maximum Gasteiger partial charge on any atom is 0.00597 e. The summed E-state index contributed by atoms with van der Waals surface area (Å²) in [7, 11) is 0. The molecule has 0 amide bonds. The van der Waals surface area contributed by atoms with Crippen molar-refractivity contribution in [3.63, 3.8) is 0 Å². The number of rotatable bonds is 2. The van der Waals surface area contributed by atoms with Crippen LogP contribution in [0.5, 0.6) is 0 Å². The molecule has 48 valence electrons. The summed E-state index contributed by atoms with van der Waals surface area (Å²) in [6, 6.07) is 0. The van der Waals surface area contributed by atoms with E-state index in [0.29, 0.717) is 0 Å². The lowest BCUT2D eigenvalue weighted by Crippen LogP contribution is -1.98. The number of hydrogen-bond acceptors (Lipinski definition) is 0. The van der Waals surface area contributed by atoms with Crippen molar-refractivity contribution >= 4 is 15.9 Å². The Kier molecular flexibility index (Phi) is 1.97. The van der Waals surface area contributed by atoms with Crippen LogP contribution in [0.2, 0.25) is 0 Å². The van der Waals surface area contributed by atoms with Crippen LogP contribution in [0.3, 0.4) is 0 Å². The number of alkyl halides is 1. The molecule has 0 N–H and O–H groups in total. The fourth-order valence-corrected chi connectivity index (χ4v) is 1.74. The molecule has 8 heavy (non-hydrogen) atoms. The Balaban J connectivity index is 2.18. The Morgan fingerprint density at radius 3 is 2.38 bits per heavy atom. The summed E-state index contributed by atoms with van der Waals surface area (Å²) >= 11 is 3.48. The molecular weight excluding hydrogens is 164 g/mol. The first-order valence-electron chi connectivity index (χ1n) is 3.31. The van der Waals surface area contributed by atoms with E-state index in [1.807, 2.05) is 0 Å². The third-order valence-electron chi connectivity index (χ3n) is 2.15. The van der Waals surface area contributed by atoms with Crippen molar-refractivity contribution < 1.29 is 0 Å². The number of hydrogen-bond donors (Lipinski definition) is 0. The van der Waals surface area contributed by atoms with E-state index < -0.39 is 0 Å². The highest BCUT2D eigenvalue weighted by atomic mass is 79.9. The Bertz CT molecular complexity index is 78.5. The van der Waals surface area contributed by atoms with Gasteiger partial charge in [-0.3, -0.25) is 0 Å². The van der Waals surface area contributed by atoms with Gasteiger partial charge in [0, 0.05) is 5.33 Å². The van der Waals surface area contributed by atoms with Gasteiger partial charge in [0.15, 0.2) is 0 Å². The molecule has 0 radical (unpaired) electrons. The van der Waals surface area contributed by atoms with E-state index in [2.05, 4.69) is 29.8 Å². The van der Waals surface area contributed by atoms with Crippen LogP contribution in [-0.2, 0) is 0 Å². The minimum Gasteiger partial charge on any atom is -0.0925 e. The van der Waals surface area contributed by atoms with Crippen molar-refractivity contribution in [3.05, 3.63) is 0 Å². The summed E-state index contributed by atoms with van der Waals surface area (Å²) in [6.07, 6.45) is 1.47. The molecular formula is C7H13Br. The molecule has 1 heteroatoms. The summed E-state index contributed by atoms with van der Waals surface area (Å²) in [6.45, 7) is 4.66. The molecule has 1 aliphatic carbocycles. The molecule has 0 aliphatic heterocycles. The van der Waals surface area contributed by atoms with E-state index in [-0.39, 0.29) is 0 Å². The van der Waals surface area contributed by atoms with Crippen molar-refractivity contribution in [3.8, 4) is 0 Å². The molecule has 0 nitrogen and oxygen atoms in total. The topological polar surface area (TPSA) is 0 Å². The van der Waals surface area contributed by atoms with E-state index in [1.54, 1.807) is 0 Å². The van der Waals surface area contributed by atoms with Gasteiger partial charge in [-0.05, 0) is 24.2 Å². The Morgan fingerprint density at radius 2 is 2.25 bits per heavy atom. The van der Waals surface area contributed by atoms with E-state index in [9.17, 15) is 0 Å². The van der Waals surface area contributed by atoms with Crippen LogP contribution in [-0.4, -0.2) is 5.33 Å². The molecule has 3 atom stereocenters. The third kappa shape index (κ3) is 1.25. The Hall–Kier alpha value is 0.480. The summed E-state index contributed by atoms with van der Waals surface area (Å²) in [5, 5.41) is 1.18. The summed E-state index contributed by atoms with van der Waals surface area (Å²) in [5.74, 6) is 2.96. The number of halogens is 1. The average molecular weight is 177 g/mol. The normalized spacial score (nSPS) is 39.4. The zero-order valence-corrected chi connectivity index (χ0v) is 7.11. The van der Waals surface area contributed by atoms with Crippen molar-refractivity contribution in [2.75, 3.05) is 5.33 Å². The van der Waals surface area contributed by atoms with Gasteiger partial charge in [-0.15, -0.1) is 0 Å². The van der Waals surface area contributed by atoms with Crippen LogP contribution in [0.25, 0.3) is 0 Å². The lowest BCUT2D eigenvalue weighted by Gasteiger charge is -2.02. The first-order chi connectivity index (χ1) is 3.75. The van der Waals surface area contributed by atoms with Gasteiger partial charge in [0.1, 0.15) is 0 Å². The van der Waals surface area contributed by atoms with E-state index in [4.69, 9.17) is 0 Å². The van der Waals surface area contributed by atoms with E-state index in [1.165, 1.54) is 11.8 Å². The highest BCUT2D eigenvalue weighted by molar-refractivity contribution is 9.09. The van der Waals surface area contributed by atoms with Crippen LogP contribution in [0, 0.1) is 17.8 Å². The smallest absolute Gasteiger partial charge is 0.00597 e. The van der Waals surface area contributed by atoms with Gasteiger partial charge in [0.05, 0.1) is 0 Å². The van der Waals surface area contributed by atoms with Gasteiger partial charge in [0.25, 0.3) is 0 Å². The van der Waals surface area contributed by atoms with Crippen molar-refractivity contribution in [1.82, 2.24) is 0 Å². The van der Waals surface area contributed by atoms with Crippen molar-refractivity contribution in [2.24, 2.45) is 17.8 Å². The van der Waals surface area contributed by atoms with Gasteiger partial charge >= 0.3 is 0 Å². The molecule has 0 bridgehead atoms. The lowest BCUT2D eigenvalue weighted by atomic mass is 10.1. The predicted molar refractivity (Wildman–Crippen MR) is 40.2 cm³/mol. The molecule has 0 heterocycles. The Morgan fingerprint density at radius 1 is 1.75 bits per heavy atom. The maximum atomic E-state index is 3.48. The van der Waals surface area contributed by atoms with E-state index >= 15 is 0 Å². The van der Waals surface area contributed by atoms with Gasteiger partial charge in [0.2, 0.25) is 0 Å². The molecule has 0 saturated heterocycles. The second-order valence-electron chi connectivity index (χ2n) is 3.01. The van der Waals surface area contributed by atoms with Gasteiger partial charge in [-0.2, -0.15) is 0 Å². The minimum atomic E-state index is 0.907. The van der Waals surface area contributed by atoms with Crippen LogP contribution >= 0.6 is 15.9 Å². The van der Waals surface area contributed by atoms with Crippen molar-refractivity contribution in [1.29, 1.82) is 0 Å². The molecule has 0 aromatic carbocycles. The summed E-state index contributed by atoms with van der Waals surface area (Å²) in [5.41, 5.74) is 0. The fourth-order valence-electron chi connectivity index (χ4n) is 1.26. The maximum absolute atomic E-state index is 3.48. The molecule has 0 aromatic heterocycles. The third-order valence-corrected chi connectivity index (χ3v) is 3.17. The van der Waals surface area contributed by atoms with Crippen LogP contribution in [0.4, 0.5) is 0 Å². The van der Waals surface area contributed by atoms with Gasteiger partial charge in [-0.1, -0.05) is 29.8 Å². The minimum absolute atomic E-state index is 0.907. The van der Waals surface area contributed by atoms with Crippen LogP contribution in [0.15, 0.2) is 0 Å². The first kappa shape index (κ1) is 6.60. The first-order valence-corrected chi connectivity index (χ1v) is 4.43. The quantitative estimate of drug-likeness (QED) is 0.569. The zero-order valence-electron chi connectivity index (χ0n) is 5.52. The molecule has 0 spiro atoms. The Labute approximate surface area is 59.8 Å². The van der Waals surface area contributed by atoms with Gasteiger partial charge in [-0.25, -0.2) is 0 Å². The van der Waals surface area contributed by atoms with Gasteiger partial charge < -0.3 is 0 Å². The zero-order chi connectivity index (χ0) is 6.15. The summed E-state index contributed by atoms with van der Waals surface area (Å²) in [4.78, 5) is 0. The van der Waals surface area contributed by atoms with Crippen LogP contribution < -0.4 is 0 Å². The highest BCUT2D eigenvalue weighted by Crippen LogP contribution is 2.43. The highest BCUT2D eigenvalue weighted by Gasteiger charge is 2.36. The predicted octanol–water partition coefficient (Wildman–Crippen LogP) is 2.67. The molecule has 3 unspecified atom stereocenters. The average Bonchev–Trinajstić information content (AvgIpc) is 2.45. The molecule has 0 aromatic rings. The molecule has 1 saturated carbocycles. The second-order valence-corrected chi connectivity index (χ2v) is 3.66. The SMILES string of the molecule is CC(CBr)C1CC1C. The lowest BCUT2D eigenvalue weighted by molar-refractivity contribution is 0.542. The monoisotopic (exact) mass is 176 g/mol. The fraction of sp³-hybridized carbons (Fsp3) is 1.00. The van der Waals surface area contributed by atoms with Crippen LogP contribution in [0.1, 0.15) is 20.3 Å². The molecule has 1 fully saturated rings. The van der Waals surface area contributed by atoms with E-state index in [0.717, 1.165) is 17.8 Å². The summed E-state index contributed by atoms with van der Waals surface area (Å²) < 4.78 is 0. The largest absolute Gasteiger partial charge is 0.0925 e. The molecule has 1 rings (SSSR count). The standard InChI is InChI=1S/C7H13Br/c1-5-3-7(5)6(2)4-8/h5-7H,3-4H2,1-2H3. The molecule has 1 aliphatic rings. The van der Waals surface area contributed by atoms with Crippen molar-refractivity contribution in [2.45, 2.75) is 20.3 Å².